The minimum atomic E-state index is -0.422. The molecule has 2 aromatic rings. The second kappa shape index (κ2) is 3.57. The van der Waals surface area contributed by atoms with Gasteiger partial charge in [0, 0.05) is 11.1 Å². The van der Waals surface area contributed by atoms with Crippen molar-refractivity contribution in [1.82, 2.24) is 10.2 Å². The molecule has 0 aliphatic rings. The van der Waals surface area contributed by atoms with Crippen molar-refractivity contribution in [3.8, 4) is 11.3 Å². The van der Waals surface area contributed by atoms with Crippen molar-refractivity contribution in [2.75, 3.05) is 0 Å². The zero-order valence-electron chi connectivity index (χ0n) is 8.32. The van der Waals surface area contributed by atoms with E-state index >= 15 is 0 Å². The number of hydrogen-bond donors (Lipinski definition) is 2. The molecule has 1 aromatic heterocycles. The maximum Gasteiger partial charge on any atom is 0.248 e. The zero-order chi connectivity index (χ0) is 10.8. The van der Waals surface area contributed by atoms with E-state index in [1.165, 1.54) is 0 Å². The van der Waals surface area contributed by atoms with Crippen molar-refractivity contribution >= 4 is 5.91 Å². The van der Waals surface area contributed by atoms with Gasteiger partial charge in [-0.15, -0.1) is 0 Å². The second-order valence-corrected chi connectivity index (χ2v) is 3.37. The van der Waals surface area contributed by atoms with Crippen molar-refractivity contribution in [2.45, 2.75) is 6.92 Å². The number of carbonyl (C=O) groups excluding carboxylic acids is 1. The Morgan fingerprint density at radius 3 is 2.87 bits per heavy atom. The van der Waals surface area contributed by atoms with E-state index in [0.29, 0.717) is 5.56 Å². The average Bonchev–Trinajstić information content (AvgIpc) is 2.64. The van der Waals surface area contributed by atoms with Crippen molar-refractivity contribution in [2.24, 2.45) is 5.73 Å². The van der Waals surface area contributed by atoms with Gasteiger partial charge in [-0.3, -0.25) is 9.89 Å². The number of H-pyrrole nitrogens is 1. The van der Waals surface area contributed by atoms with Gasteiger partial charge in [0.2, 0.25) is 5.91 Å². The third-order valence-corrected chi connectivity index (χ3v) is 2.26. The number of nitrogens with zero attached hydrogens (tertiary/aromatic N) is 1. The van der Waals surface area contributed by atoms with Crippen molar-refractivity contribution in [3.05, 3.63) is 41.6 Å². The molecular formula is C11H11N3O. The number of carbonyl (C=O) groups is 1. The Bertz CT molecular complexity index is 502. The van der Waals surface area contributed by atoms with Crippen LogP contribution >= 0.6 is 0 Å². The molecule has 1 amide bonds. The number of nitrogens with one attached hydrogen (secondary N) is 1. The summed E-state index contributed by atoms with van der Waals surface area (Å²) < 4.78 is 0. The van der Waals surface area contributed by atoms with Gasteiger partial charge < -0.3 is 5.73 Å². The predicted octanol–water partition coefficient (Wildman–Crippen LogP) is 1.48. The quantitative estimate of drug-likeness (QED) is 0.772. The average molecular weight is 201 g/mol. The highest BCUT2D eigenvalue weighted by Crippen LogP contribution is 2.20. The van der Waals surface area contributed by atoms with Gasteiger partial charge in [0.25, 0.3) is 0 Å². The molecular weight excluding hydrogens is 190 g/mol. The van der Waals surface area contributed by atoms with E-state index in [4.69, 9.17) is 5.73 Å². The number of aromatic nitrogens is 2. The summed E-state index contributed by atoms with van der Waals surface area (Å²) in [5, 5.41) is 6.82. The Morgan fingerprint density at radius 1 is 1.47 bits per heavy atom. The number of nitrogens with two attached hydrogens (primary N) is 1. The summed E-state index contributed by atoms with van der Waals surface area (Å²) in [7, 11) is 0. The summed E-state index contributed by atoms with van der Waals surface area (Å²) in [4.78, 5) is 11.0. The normalized spacial score (nSPS) is 10.2. The smallest absolute Gasteiger partial charge is 0.248 e. The number of amides is 1. The van der Waals surface area contributed by atoms with E-state index < -0.39 is 5.91 Å². The third-order valence-electron chi connectivity index (χ3n) is 2.26. The molecule has 4 nitrogen and oxygen atoms in total. The molecule has 0 bridgehead atoms. The minimum absolute atomic E-state index is 0.422. The largest absolute Gasteiger partial charge is 0.366 e. The van der Waals surface area contributed by atoms with Crippen LogP contribution < -0.4 is 5.73 Å². The van der Waals surface area contributed by atoms with E-state index in [2.05, 4.69) is 10.2 Å². The van der Waals surface area contributed by atoms with Gasteiger partial charge in [-0.1, -0.05) is 12.1 Å². The summed E-state index contributed by atoms with van der Waals surface area (Å²) in [5.74, 6) is -0.422. The molecule has 1 aromatic carbocycles. The summed E-state index contributed by atoms with van der Waals surface area (Å²) in [5.41, 5.74) is 8.58. The SMILES string of the molecule is Cc1cn[nH]c1-c1cccc(C(N)=O)c1. The first-order valence-electron chi connectivity index (χ1n) is 4.58. The van der Waals surface area contributed by atoms with Crippen molar-refractivity contribution in [1.29, 1.82) is 0 Å². The van der Waals surface area contributed by atoms with Gasteiger partial charge in [0.05, 0.1) is 11.9 Å². The topological polar surface area (TPSA) is 71.8 Å². The predicted molar refractivity (Wildman–Crippen MR) is 57.3 cm³/mol. The van der Waals surface area contributed by atoms with Crippen LogP contribution in [0, 0.1) is 6.92 Å². The van der Waals surface area contributed by atoms with Gasteiger partial charge in [0.1, 0.15) is 0 Å². The highest BCUT2D eigenvalue weighted by Gasteiger charge is 2.06. The van der Waals surface area contributed by atoms with E-state index in [0.717, 1.165) is 16.8 Å². The molecule has 0 saturated heterocycles. The Morgan fingerprint density at radius 2 is 2.27 bits per heavy atom. The molecule has 0 aliphatic carbocycles. The van der Waals surface area contributed by atoms with Gasteiger partial charge in [0.15, 0.2) is 0 Å². The van der Waals surface area contributed by atoms with Crippen LogP contribution in [-0.4, -0.2) is 16.1 Å². The fourth-order valence-corrected chi connectivity index (χ4v) is 1.47. The van der Waals surface area contributed by atoms with Crippen molar-refractivity contribution in [3.63, 3.8) is 0 Å². The minimum Gasteiger partial charge on any atom is -0.366 e. The van der Waals surface area contributed by atoms with Crippen molar-refractivity contribution < 1.29 is 4.79 Å². The summed E-state index contributed by atoms with van der Waals surface area (Å²) >= 11 is 0. The molecule has 0 unspecified atom stereocenters. The molecule has 0 saturated carbocycles. The monoisotopic (exact) mass is 201 g/mol. The fraction of sp³-hybridized carbons (Fsp3) is 0.0909. The molecule has 0 atom stereocenters. The molecule has 15 heavy (non-hydrogen) atoms. The fourth-order valence-electron chi connectivity index (χ4n) is 1.47. The van der Waals surface area contributed by atoms with Gasteiger partial charge in [-0.25, -0.2) is 0 Å². The van der Waals surface area contributed by atoms with Crippen LogP contribution in [0.1, 0.15) is 15.9 Å². The lowest BCUT2D eigenvalue weighted by molar-refractivity contribution is 0.100. The number of rotatable bonds is 2. The summed E-state index contributed by atoms with van der Waals surface area (Å²) in [6.07, 6.45) is 1.74. The molecule has 4 heteroatoms. The molecule has 1 heterocycles. The molecule has 0 fully saturated rings. The highest BCUT2D eigenvalue weighted by molar-refractivity contribution is 5.94. The van der Waals surface area contributed by atoms with E-state index in [1.807, 2.05) is 13.0 Å². The van der Waals surface area contributed by atoms with Gasteiger partial charge in [-0.2, -0.15) is 5.10 Å². The second-order valence-electron chi connectivity index (χ2n) is 3.37. The Balaban J connectivity index is 2.50. The number of benzene rings is 1. The Labute approximate surface area is 87.1 Å². The summed E-state index contributed by atoms with van der Waals surface area (Å²) in [6, 6.07) is 7.16. The zero-order valence-corrected chi connectivity index (χ0v) is 8.32. The lowest BCUT2D eigenvalue weighted by atomic mass is 10.1. The highest BCUT2D eigenvalue weighted by atomic mass is 16.1. The van der Waals surface area contributed by atoms with Crippen LogP contribution in [0.3, 0.4) is 0 Å². The Hall–Kier alpha value is -2.10. The van der Waals surface area contributed by atoms with E-state index in [9.17, 15) is 4.79 Å². The molecule has 76 valence electrons. The number of primary amides is 1. The van der Waals surface area contributed by atoms with Crippen LogP contribution in [-0.2, 0) is 0 Å². The molecule has 3 N–H and O–H groups in total. The lowest BCUT2D eigenvalue weighted by Crippen LogP contribution is -2.10. The first-order valence-corrected chi connectivity index (χ1v) is 4.58. The number of hydrogen-bond acceptors (Lipinski definition) is 2. The third kappa shape index (κ3) is 1.74. The maximum absolute atomic E-state index is 11.0. The number of aromatic amines is 1. The molecule has 0 spiro atoms. The van der Waals surface area contributed by atoms with Gasteiger partial charge >= 0.3 is 0 Å². The number of aryl methyl sites for hydroxylation is 1. The van der Waals surface area contributed by atoms with Crippen LogP contribution in [0.25, 0.3) is 11.3 Å². The maximum atomic E-state index is 11.0. The standard InChI is InChI=1S/C11H11N3O/c1-7-6-13-14-10(7)8-3-2-4-9(5-8)11(12)15/h2-6H,1H3,(H2,12,15)(H,13,14). The van der Waals surface area contributed by atoms with Crippen LogP contribution in [0.2, 0.25) is 0 Å². The van der Waals surface area contributed by atoms with E-state index in [1.54, 1.807) is 24.4 Å². The first kappa shape index (κ1) is 9.45. The van der Waals surface area contributed by atoms with E-state index in [-0.39, 0.29) is 0 Å². The summed E-state index contributed by atoms with van der Waals surface area (Å²) in [6.45, 7) is 1.95. The van der Waals surface area contributed by atoms with Crippen LogP contribution in [0.5, 0.6) is 0 Å². The first-order chi connectivity index (χ1) is 7.18. The van der Waals surface area contributed by atoms with Crippen LogP contribution in [0.15, 0.2) is 30.5 Å². The van der Waals surface area contributed by atoms with Crippen LogP contribution in [0.4, 0.5) is 0 Å². The molecule has 0 radical (unpaired) electrons. The van der Waals surface area contributed by atoms with Gasteiger partial charge in [-0.05, 0) is 24.6 Å². The molecule has 0 aliphatic heterocycles. The molecule has 2 rings (SSSR count). The Kier molecular flexibility index (Phi) is 2.25. The lowest BCUT2D eigenvalue weighted by Gasteiger charge is -2.01.